The maximum Gasteiger partial charge on any atom is 0.143 e. The lowest BCUT2D eigenvalue weighted by atomic mass is 10.2. The molecule has 0 atom stereocenters. The summed E-state index contributed by atoms with van der Waals surface area (Å²) in [6.07, 6.45) is 3.65. The van der Waals surface area contributed by atoms with Crippen LogP contribution in [0, 0.1) is 9.49 Å². The molecule has 0 unspecified atom stereocenters. The molecule has 0 radical (unpaired) electrons. The van der Waals surface area contributed by atoms with E-state index in [1.54, 1.807) is 7.11 Å². The van der Waals surface area contributed by atoms with Crippen molar-refractivity contribution < 1.29 is 4.74 Å². The average molecular weight is 333 g/mol. The SMILES string of the molecule is CNc1nc(CC2CC2)nc(COC)c1I. The van der Waals surface area contributed by atoms with Gasteiger partial charge < -0.3 is 10.1 Å². The minimum absolute atomic E-state index is 0.549. The van der Waals surface area contributed by atoms with E-state index in [2.05, 4.69) is 37.9 Å². The van der Waals surface area contributed by atoms with E-state index < -0.39 is 0 Å². The van der Waals surface area contributed by atoms with Crippen molar-refractivity contribution >= 4 is 28.4 Å². The fourth-order valence-electron chi connectivity index (χ4n) is 1.61. The van der Waals surface area contributed by atoms with Gasteiger partial charge in [-0.25, -0.2) is 9.97 Å². The highest BCUT2D eigenvalue weighted by Crippen LogP contribution is 2.32. The second-order valence-corrected chi connectivity index (χ2v) is 5.16. The van der Waals surface area contributed by atoms with Gasteiger partial charge in [-0.15, -0.1) is 0 Å². The quantitative estimate of drug-likeness (QED) is 0.840. The average Bonchev–Trinajstić information content (AvgIpc) is 3.07. The molecule has 0 bridgehead atoms. The highest BCUT2D eigenvalue weighted by atomic mass is 127. The molecule has 0 saturated heterocycles. The van der Waals surface area contributed by atoms with E-state index in [4.69, 9.17) is 4.74 Å². The van der Waals surface area contributed by atoms with Gasteiger partial charge in [-0.2, -0.15) is 0 Å². The maximum atomic E-state index is 5.16. The number of hydrogen-bond donors (Lipinski definition) is 1. The molecule has 1 aromatic rings. The highest BCUT2D eigenvalue weighted by Gasteiger charge is 2.23. The van der Waals surface area contributed by atoms with E-state index in [0.29, 0.717) is 6.61 Å². The Morgan fingerprint density at radius 1 is 1.44 bits per heavy atom. The van der Waals surface area contributed by atoms with E-state index in [0.717, 1.165) is 33.2 Å². The van der Waals surface area contributed by atoms with Gasteiger partial charge in [0.2, 0.25) is 0 Å². The molecule has 1 heterocycles. The van der Waals surface area contributed by atoms with Crippen molar-refractivity contribution in [1.82, 2.24) is 9.97 Å². The summed E-state index contributed by atoms with van der Waals surface area (Å²) in [6, 6.07) is 0. The van der Waals surface area contributed by atoms with Gasteiger partial charge in [0.15, 0.2) is 0 Å². The number of anilines is 1. The van der Waals surface area contributed by atoms with Crippen molar-refractivity contribution in [1.29, 1.82) is 0 Å². The van der Waals surface area contributed by atoms with Crippen LogP contribution in [0.15, 0.2) is 0 Å². The third-order valence-corrected chi connectivity index (χ3v) is 3.79. The maximum absolute atomic E-state index is 5.16. The summed E-state index contributed by atoms with van der Waals surface area (Å²) < 4.78 is 6.22. The van der Waals surface area contributed by atoms with Crippen molar-refractivity contribution in [3.05, 3.63) is 15.1 Å². The summed E-state index contributed by atoms with van der Waals surface area (Å²) >= 11 is 2.26. The molecule has 5 heteroatoms. The lowest BCUT2D eigenvalue weighted by Crippen LogP contribution is -2.08. The van der Waals surface area contributed by atoms with E-state index in [-0.39, 0.29) is 0 Å². The zero-order valence-corrected chi connectivity index (χ0v) is 11.7. The number of nitrogens with zero attached hydrogens (tertiary/aromatic N) is 2. The number of rotatable bonds is 5. The second-order valence-electron chi connectivity index (χ2n) is 4.08. The fourth-order valence-corrected chi connectivity index (χ4v) is 2.28. The van der Waals surface area contributed by atoms with Crippen LogP contribution in [0.5, 0.6) is 0 Å². The van der Waals surface area contributed by atoms with Crippen molar-refractivity contribution in [2.75, 3.05) is 19.5 Å². The standard InChI is InChI=1S/C11H16IN3O/c1-13-11-10(12)8(6-16-2)14-9(15-11)5-7-3-4-7/h7H,3-6H2,1-2H3,(H,13,14,15). The topological polar surface area (TPSA) is 47.0 Å². The molecule has 1 fully saturated rings. The Balaban J connectivity index is 2.26. The van der Waals surface area contributed by atoms with Gasteiger partial charge in [0.25, 0.3) is 0 Å². The molecule has 16 heavy (non-hydrogen) atoms. The molecule has 1 N–H and O–H groups in total. The van der Waals surface area contributed by atoms with E-state index in [1.807, 2.05) is 7.05 Å². The summed E-state index contributed by atoms with van der Waals surface area (Å²) in [7, 11) is 3.58. The van der Waals surface area contributed by atoms with Crippen molar-refractivity contribution in [3.63, 3.8) is 0 Å². The van der Waals surface area contributed by atoms with Crippen LogP contribution >= 0.6 is 22.6 Å². The molecule has 1 aliphatic carbocycles. The molecule has 0 aliphatic heterocycles. The van der Waals surface area contributed by atoms with Gasteiger partial charge in [0.05, 0.1) is 15.9 Å². The molecule has 2 rings (SSSR count). The van der Waals surface area contributed by atoms with Gasteiger partial charge >= 0.3 is 0 Å². The molecule has 0 aromatic carbocycles. The fraction of sp³-hybridized carbons (Fsp3) is 0.636. The smallest absolute Gasteiger partial charge is 0.143 e. The number of halogens is 1. The number of nitrogens with one attached hydrogen (secondary N) is 1. The molecule has 0 spiro atoms. The molecular weight excluding hydrogens is 317 g/mol. The Hall–Kier alpha value is -0.430. The van der Waals surface area contributed by atoms with Crippen LogP contribution in [0.2, 0.25) is 0 Å². The van der Waals surface area contributed by atoms with Crippen LogP contribution in [-0.2, 0) is 17.8 Å². The number of hydrogen-bond acceptors (Lipinski definition) is 4. The molecule has 88 valence electrons. The second kappa shape index (κ2) is 5.27. The molecule has 1 aliphatic rings. The minimum Gasteiger partial charge on any atom is -0.378 e. The van der Waals surface area contributed by atoms with Crippen molar-refractivity contribution in [2.24, 2.45) is 5.92 Å². The molecular formula is C11H16IN3O. The third-order valence-electron chi connectivity index (χ3n) is 2.65. The zero-order valence-electron chi connectivity index (χ0n) is 9.59. The first-order valence-corrected chi connectivity index (χ1v) is 6.54. The lowest BCUT2D eigenvalue weighted by molar-refractivity contribution is 0.180. The van der Waals surface area contributed by atoms with Crippen LogP contribution in [0.25, 0.3) is 0 Å². The van der Waals surface area contributed by atoms with Crippen molar-refractivity contribution in [2.45, 2.75) is 25.9 Å². The van der Waals surface area contributed by atoms with Gasteiger partial charge in [-0.3, -0.25) is 0 Å². The van der Waals surface area contributed by atoms with Crippen LogP contribution in [0.1, 0.15) is 24.4 Å². The van der Waals surface area contributed by atoms with Gasteiger partial charge in [0, 0.05) is 20.6 Å². The van der Waals surface area contributed by atoms with Gasteiger partial charge in [0.1, 0.15) is 11.6 Å². The Morgan fingerprint density at radius 3 is 2.75 bits per heavy atom. The summed E-state index contributed by atoms with van der Waals surface area (Å²) in [5, 5.41) is 3.11. The van der Waals surface area contributed by atoms with Gasteiger partial charge in [-0.05, 0) is 41.4 Å². The normalized spacial score (nSPS) is 15.2. The van der Waals surface area contributed by atoms with E-state index >= 15 is 0 Å². The Labute approximate surface area is 109 Å². The predicted octanol–water partition coefficient (Wildman–Crippen LogP) is 2.22. The summed E-state index contributed by atoms with van der Waals surface area (Å²) in [5.74, 6) is 2.66. The third kappa shape index (κ3) is 2.82. The zero-order chi connectivity index (χ0) is 11.5. The Morgan fingerprint density at radius 2 is 2.19 bits per heavy atom. The Bertz CT molecular complexity index is 380. The predicted molar refractivity (Wildman–Crippen MR) is 71.4 cm³/mol. The van der Waals surface area contributed by atoms with Crippen LogP contribution in [0.4, 0.5) is 5.82 Å². The van der Waals surface area contributed by atoms with Crippen LogP contribution in [0.3, 0.4) is 0 Å². The summed E-state index contributed by atoms with van der Waals surface area (Å²) in [4.78, 5) is 9.10. The first kappa shape index (κ1) is 12.0. The Kier molecular flexibility index (Phi) is 3.96. The molecule has 0 amide bonds. The molecule has 1 saturated carbocycles. The highest BCUT2D eigenvalue weighted by molar-refractivity contribution is 14.1. The minimum atomic E-state index is 0.549. The van der Waals surface area contributed by atoms with E-state index in [1.165, 1.54) is 12.8 Å². The van der Waals surface area contributed by atoms with Gasteiger partial charge in [-0.1, -0.05) is 0 Å². The number of ether oxygens (including phenoxy) is 1. The molecule has 4 nitrogen and oxygen atoms in total. The monoisotopic (exact) mass is 333 g/mol. The summed E-state index contributed by atoms with van der Waals surface area (Å²) in [5.41, 5.74) is 0.984. The van der Waals surface area contributed by atoms with Crippen LogP contribution < -0.4 is 5.32 Å². The first-order valence-electron chi connectivity index (χ1n) is 5.46. The molecule has 1 aromatic heterocycles. The summed E-state index contributed by atoms with van der Waals surface area (Å²) in [6.45, 7) is 0.549. The lowest BCUT2D eigenvalue weighted by Gasteiger charge is -2.10. The van der Waals surface area contributed by atoms with Crippen LogP contribution in [-0.4, -0.2) is 24.1 Å². The number of methoxy groups -OCH3 is 1. The van der Waals surface area contributed by atoms with E-state index in [9.17, 15) is 0 Å². The first-order chi connectivity index (χ1) is 7.74. The largest absolute Gasteiger partial charge is 0.378 e. The van der Waals surface area contributed by atoms with Crippen molar-refractivity contribution in [3.8, 4) is 0 Å². The number of aromatic nitrogens is 2.